The van der Waals surface area contributed by atoms with Crippen molar-refractivity contribution in [1.82, 2.24) is 10.3 Å². The molecule has 0 saturated heterocycles. The lowest BCUT2D eigenvalue weighted by molar-refractivity contribution is 0.0940. The summed E-state index contributed by atoms with van der Waals surface area (Å²) in [6.45, 7) is 4.76. The number of rotatable bonds is 3. The summed E-state index contributed by atoms with van der Waals surface area (Å²) in [6, 6.07) is 1.46. The number of carbonyl (C=O) groups excluding carboxylic acids is 1. The molecule has 1 aromatic heterocycles. The molecule has 0 aromatic carbocycles. The monoisotopic (exact) mass is 262 g/mol. The second kappa shape index (κ2) is 6.04. The number of aromatic nitrogens is 1. The molecule has 4 heteroatoms. The van der Waals surface area contributed by atoms with Gasteiger partial charge in [0.25, 0.3) is 5.91 Å². The molecule has 1 aliphatic rings. The fourth-order valence-electron chi connectivity index (χ4n) is 2.62. The number of hydrogen-bond acceptors (Lipinski definition) is 2. The zero-order valence-electron chi connectivity index (χ0n) is 11.7. The zero-order valence-corrected chi connectivity index (χ0v) is 11.7. The van der Waals surface area contributed by atoms with E-state index in [1.807, 2.05) is 0 Å². The van der Waals surface area contributed by atoms with Crippen LogP contribution in [-0.2, 0) is 0 Å². The van der Waals surface area contributed by atoms with Crippen molar-refractivity contribution in [1.29, 1.82) is 0 Å². The van der Waals surface area contributed by atoms with Crippen molar-refractivity contribution in [3.8, 4) is 0 Å². The Morgan fingerprint density at radius 1 is 1.37 bits per heavy atom. The maximum atomic E-state index is 12.0. The third kappa shape index (κ3) is 3.69. The molecule has 0 unspecified atom stereocenters. The van der Waals surface area contributed by atoms with Gasteiger partial charge in [-0.15, -0.1) is 0 Å². The van der Waals surface area contributed by atoms with E-state index in [4.69, 9.17) is 0 Å². The molecule has 2 N–H and O–H groups in total. The highest BCUT2D eigenvalue weighted by atomic mass is 16.2. The quantitative estimate of drug-likeness (QED) is 0.877. The molecule has 19 heavy (non-hydrogen) atoms. The van der Waals surface area contributed by atoms with Gasteiger partial charge in [-0.2, -0.15) is 0 Å². The topological polar surface area (TPSA) is 62.0 Å². The van der Waals surface area contributed by atoms with E-state index in [0.29, 0.717) is 12.5 Å². The molecule has 104 valence electrons. The van der Waals surface area contributed by atoms with Gasteiger partial charge in [-0.05, 0) is 31.6 Å². The molecule has 1 fully saturated rings. The normalized spacial score (nSPS) is 23.1. The molecule has 0 spiro atoms. The van der Waals surface area contributed by atoms with Crippen molar-refractivity contribution in [2.75, 3.05) is 6.54 Å². The van der Waals surface area contributed by atoms with Gasteiger partial charge in [-0.3, -0.25) is 9.59 Å². The summed E-state index contributed by atoms with van der Waals surface area (Å²) in [5.41, 5.74) is 0.753. The molecule has 1 heterocycles. The van der Waals surface area contributed by atoms with Crippen LogP contribution in [0.4, 0.5) is 0 Å². The van der Waals surface area contributed by atoms with Gasteiger partial charge in [0.1, 0.15) is 5.56 Å². The number of nitrogens with one attached hydrogen (secondary N) is 2. The zero-order chi connectivity index (χ0) is 13.8. The summed E-state index contributed by atoms with van der Waals surface area (Å²) in [4.78, 5) is 26.6. The first-order valence-corrected chi connectivity index (χ1v) is 7.04. The van der Waals surface area contributed by atoms with Gasteiger partial charge in [-0.1, -0.05) is 19.8 Å². The van der Waals surface area contributed by atoms with Gasteiger partial charge in [0.15, 0.2) is 5.43 Å². The molecule has 1 amide bonds. The Morgan fingerprint density at radius 3 is 2.68 bits per heavy atom. The summed E-state index contributed by atoms with van der Waals surface area (Å²) in [6.07, 6.45) is 6.32. The number of H-pyrrole nitrogens is 1. The van der Waals surface area contributed by atoms with Crippen molar-refractivity contribution in [2.24, 2.45) is 11.8 Å². The van der Waals surface area contributed by atoms with Gasteiger partial charge in [-0.25, -0.2) is 0 Å². The van der Waals surface area contributed by atoms with Crippen LogP contribution in [0, 0.1) is 18.8 Å². The van der Waals surface area contributed by atoms with E-state index in [-0.39, 0.29) is 16.9 Å². The fraction of sp³-hybridized carbons (Fsp3) is 0.600. The van der Waals surface area contributed by atoms with E-state index in [2.05, 4.69) is 17.2 Å². The van der Waals surface area contributed by atoms with Gasteiger partial charge in [0.2, 0.25) is 0 Å². The molecule has 0 radical (unpaired) electrons. The predicted molar refractivity (Wildman–Crippen MR) is 75.3 cm³/mol. The van der Waals surface area contributed by atoms with Gasteiger partial charge in [0.05, 0.1) is 0 Å². The Morgan fingerprint density at radius 2 is 2.05 bits per heavy atom. The van der Waals surface area contributed by atoms with Gasteiger partial charge < -0.3 is 10.3 Å². The highest BCUT2D eigenvalue weighted by molar-refractivity contribution is 5.93. The maximum Gasteiger partial charge on any atom is 0.256 e. The van der Waals surface area contributed by atoms with Crippen LogP contribution >= 0.6 is 0 Å². The third-order valence-electron chi connectivity index (χ3n) is 3.99. The molecule has 1 saturated carbocycles. The van der Waals surface area contributed by atoms with Crippen LogP contribution in [0.3, 0.4) is 0 Å². The highest BCUT2D eigenvalue weighted by Crippen LogP contribution is 2.27. The number of aromatic amines is 1. The van der Waals surface area contributed by atoms with E-state index >= 15 is 0 Å². The lowest BCUT2D eigenvalue weighted by Crippen LogP contribution is -2.33. The van der Waals surface area contributed by atoms with Crippen LogP contribution < -0.4 is 10.7 Å². The third-order valence-corrected chi connectivity index (χ3v) is 3.99. The van der Waals surface area contributed by atoms with Crippen molar-refractivity contribution in [3.63, 3.8) is 0 Å². The standard InChI is InChI=1S/C15H22N2O2/c1-10-3-5-12(6-4-10)8-17-15(19)13-9-16-11(2)7-14(13)18/h7,9-10,12H,3-6,8H2,1-2H3,(H,16,18)(H,17,19). The number of hydrogen-bond donors (Lipinski definition) is 2. The SMILES string of the molecule is Cc1cc(=O)c(C(=O)NCC2CCC(C)CC2)c[nH]1. The Labute approximate surface area is 113 Å². The molecule has 0 bridgehead atoms. The van der Waals surface area contributed by atoms with Crippen molar-refractivity contribution < 1.29 is 4.79 Å². The van der Waals surface area contributed by atoms with Crippen LogP contribution in [0.15, 0.2) is 17.1 Å². The summed E-state index contributed by atoms with van der Waals surface area (Å²) in [5, 5.41) is 2.88. The maximum absolute atomic E-state index is 12.0. The molecule has 0 aliphatic heterocycles. The summed E-state index contributed by atoms with van der Waals surface area (Å²) < 4.78 is 0. The predicted octanol–water partition coefficient (Wildman–Crippen LogP) is 2.24. The minimum absolute atomic E-state index is 0.203. The highest BCUT2D eigenvalue weighted by Gasteiger charge is 2.19. The first kappa shape index (κ1) is 13.8. The fourth-order valence-corrected chi connectivity index (χ4v) is 2.62. The van der Waals surface area contributed by atoms with Gasteiger partial charge in [0, 0.05) is 24.5 Å². The van der Waals surface area contributed by atoms with E-state index in [1.54, 1.807) is 6.92 Å². The van der Waals surface area contributed by atoms with Crippen molar-refractivity contribution in [2.45, 2.75) is 39.5 Å². The first-order valence-electron chi connectivity index (χ1n) is 7.04. The second-order valence-electron chi connectivity index (χ2n) is 5.73. The minimum Gasteiger partial charge on any atom is -0.364 e. The average molecular weight is 262 g/mol. The minimum atomic E-state index is -0.264. The molecule has 1 aliphatic carbocycles. The number of carbonyl (C=O) groups is 1. The summed E-state index contributed by atoms with van der Waals surface area (Å²) in [5.74, 6) is 1.11. The van der Waals surface area contributed by atoms with E-state index in [0.717, 1.165) is 11.6 Å². The van der Waals surface area contributed by atoms with Crippen LogP contribution in [0.25, 0.3) is 0 Å². The lowest BCUT2D eigenvalue weighted by atomic mass is 9.83. The van der Waals surface area contributed by atoms with E-state index in [1.165, 1.54) is 37.9 Å². The van der Waals surface area contributed by atoms with Crippen LogP contribution in [-0.4, -0.2) is 17.4 Å². The molecule has 0 atom stereocenters. The summed E-state index contributed by atoms with van der Waals surface area (Å²) in [7, 11) is 0. The second-order valence-corrected chi connectivity index (χ2v) is 5.73. The molecule has 2 rings (SSSR count). The molecular weight excluding hydrogens is 240 g/mol. The summed E-state index contributed by atoms with van der Waals surface area (Å²) >= 11 is 0. The first-order chi connectivity index (χ1) is 9.06. The Kier molecular flexibility index (Phi) is 4.40. The Balaban J connectivity index is 1.89. The molecule has 4 nitrogen and oxygen atoms in total. The average Bonchev–Trinajstić information content (AvgIpc) is 2.37. The number of pyridine rings is 1. The van der Waals surface area contributed by atoms with Crippen molar-refractivity contribution in [3.05, 3.63) is 33.7 Å². The van der Waals surface area contributed by atoms with Crippen LogP contribution in [0.1, 0.15) is 48.7 Å². The molecular formula is C15H22N2O2. The smallest absolute Gasteiger partial charge is 0.256 e. The Hall–Kier alpha value is -1.58. The lowest BCUT2D eigenvalue weighted by Gasteiger charge is -2.26. The molecule has 1 aromatic rings. The number of aryl methyl sites for hydroxylation is 1. The van der Waals surface area contributed by atoms with Crippen LogP contribution in [0.5, 0.6) is 0 Å². The van der Waals surface area contributed by atoms with Crippen LogP contribution in [0.2, 0.25) is 0 Å². The van der Waals surface area contributed by atoms with E-state index in [9.17, 15) is 9.59 Å². The largest absolute Gasteiger partial charge is 0.364 e. The van der Waals surface area contributed by atoms with Gasteiger partial charge >= 0.3 is 0 Å². The van der Waals surface area contributed by atoms with Crippen molar-refractivity contribution >= 4 is 5.91 Å². The van der Waals surface area contributed by atoms with E-state index < -0.39 is 0 Å². The Bertz CT molecular complexity index is 499. The number of amides is 1.